The molecule has 0 unspecified atom stereocenters. The number of nitrogens with one attached hydrogen (secondary N) is 3. The van der Waals surface area contributed by atoms with E-state index in [4.69, 9.17) is 14.9 Å². The summed E-state index contributed by atoms with van der Waals surface area (Å²) in [7, 11) is 1.65. The van der Waals surface area contributed by atoms with Gasteiger partial charge in [0, 0.05) is 20.3 Å². The Morgan fingerprint density at radius 2 is 2.04 bits per heavy atom. The van der Waals surface area contributed by atoms with Crippen LogP contribution in [0.4, 0.5) is 5.00 Å². The standard InChI is InChI=1S/C16H22N4O3S/c1-22-10-5-8-19-16-13(15(21)20-24-16)14(17)18-9-11-23-12-6-3-2-4-7-12/h2-4,6-7,19H,5,8-11H2,1H3,(H2,17,18)(H,20,21). The van der Waals surface area contributed by atoms with E-state index in [9.17, 15) is 5.11 Å². The number of methoxy groups -OCH3 is 1. The van der Waals surface area contributed by atoms with Crippen molar-refractivity contribution in [2.75, 3.05) is 38.7 Å². The molecule has 4 N–H and O–H groups in total. The maximum absolute atomic E-state index is 9.86. The third-order valence-corrected chi connectivity index (χ3v) is 3.95. The van der Waals surface area contributed by atoms with Crippen molar-refractivity contribution in [1.29, 1.82) is 5.41 Å². The molecule has 0 aliphatic rings. The molecule has 0 aliphatic carbocycles. The van der Waals surface area contributed by atoms with Gasteiger partial charge in [-0.3, -0.25) is 5.41 Å². The Labute approximate surface area is 145 Å². The summed E-state index contributed by atoms with van der Waals surface area (Å²) in [5.41, 5.74) is 0.386. The second-order valence-electron chi connectivity index (χ2n) is 4.95. The predicted molar refractivity (Wildman–Crippen MR) is 95.5 cm³/mol. The van der Waals surface area contributed by atoms with Gasteiger partial charge >= 0.3 is 0 Å². The van der Waals surface area contributed by atoms with E-state index in [1.807, 2.05) is 30.3 Å². The fraction of sp³-hybridized carbons (Fsp3) is 0.375. The monoisotopic (exact) mass is 350 g/mol. The van der Waals surface area contributed by atoms with E-state index in [1.165, 1.54) is 0 Å². The van der Waals surface area contributed by atoms with Crippen LogP contribution in [0.15, 0.2) is 30.3 Å². The average Bonchev–Trinajstić information content (AvgIpc) is 2.97. The Kier molecular flexibility index (Phi) is 7.31. The van der Waals surface area contributed by atoms with Gasteiger partial charge < -0.3 is 25.2 Å². The number of amidine groups is 1. The lowest BCUT2D eigenvalue weighted by atomic mass is 10.3. The van der Waals surface area contributed by atoms with Crippen molar-refractivity contribution in [3.05, 3.63) is 35.9 Å². The molecule has 130 valence electrons. The normalized spacial score (nSPS) is 10.4. The number of aromatic hydroxyl groups is 1. The van der Waals surface area contributed by atoms with Gasteiger partial charge in [0.05, 0.1) is 6.54 Å². The molecule has 2 rings (SSSR count). The molecule has 1 aromatic heterocycles. The molecule has 1 aromatic carbocycles. The van der Waals surface area contributed by atoms with E-state index in [2.05, 4.69) is 15.0 Å². The number of hydrogen-bond donors (Lipinski definition) is 4. The van der Waals surface area contributed by atoms with E-state index in [0.29, 0.717) is 36.9 Å². The van der Waals surface area contributed by atoms with E-state index in [0.717, 1.165) is 23.7 Å². The molecule has 0 amide bonds. The molecule has 2 aromatic rings. The van der Waals surface area contributed by atoms with Crippen molar-refractivity contribution in [1.82, 2.24) is 9.69 Å². The quantitative estimate of drug-likeness (QED) is 0.298. The molecule has 0 bridgehead atoms. The van der Waals surface area contributed by atoms with Gasteiger partial charge in [0.2, 0.25) is 5.88 Å². The van der Waals surface area contributed by atoms with Crippen LogP contribution < -0.4 is 15.4 Å². The third kappa shape index (κ3) is 5.39. The maximum Gasteiger partial charge on any atom is 0.236 e. The van der Waals surface area contributed by atoms with Crippen LogP contribution in [0.3, 0.4) is 0 Å². The number of anilines is 1. The molecule has 0 radical (unpaired) electrons. The molecule has 0 saturated carbocycles. The molecule has 24 heavy (non-hydrogen) atoms. The SMILES string of the molecule is COCCCNc1snc(O)c1C(=N)NCCOc1ccccc1. The minimum atomic E-state index is -0.143. The van der Waals surface area contributed by atoms with Crippen molar-refractivity contribution >= 4 is 22.4 Å². The van der Waals surface area contributed by atoms with E-state index < -0.39 is 0 Å². The van der Waals surface area contributed by atoms with Crippen molar-refractivity contribution in [3.63, 3.8) is 0 Å². The van der Waals surface area contributed by atoms with Gasteiger partial charge in [-0.1, -0.05) is 18.2 Å². The minimum absolute atomic E-state index is 0.118. The Bertz CT molecular complexity index is 634. The van der Waals surface area contributed by atoms with Crippen molar-refractivity contribution in [2.24, 2.45) is 0 Å². The summed E-state index contributed by atoms with van der Waals surface area (Å²) >= 11 is 1.13. The molecule has 8 heteroatoms. The molecule has 0 saturated heterocycles. The molecule has 0 spiro atoms. The van der Waals surface area contributed by atoms with Crippen LogP contribution >= 0.6 is 11.5 Å². The molecule has 0 fully saturated rings. The van der Waals surface area contributed by atoms with Crippen LogP contribution in [0.25, 0.3) is 0 Å². The van der Waals surface area contributed by atoms with Gasteiger partial charge in [-0.25, -0.2) is 0 Å². The zero-order valence-electron chi connectivity index (χ0n) is 13.5. The largest absolute Gasteiger partial charge is 0.492 e. The molecule has 0 atom stereocenters. The second kappa shape index (κ2) is 9.74. The van der Waals surface area contributed by atoms with Crippen LogP contribution in [-0.4, -0.2) is 48.7 Å². The van der Waals surface area contributed by atoms with E-state index in [1.54, 1.807) is 7.11 Å². The van der Waals surface area contributed by atoms with Crippen LogP contribution in [0.1, 0.15) is 12.0 Å². The molecular weight excluding hydrogens is 328 g/mol. The van der Waals surface area contributed by atoms with Crippen LogP contribution in [0, 0.1) is 5.41 Å². The first kappa shape index (κ1) is 18.0. The summed E-state index contributed by atoms with van der Waals surface area (Å²) < 4.78 is 14.5. The number of benzene rings is 1. The number of nitrogens with zero attached hydrogens (tertiary/aromatic N) is 1. The predicted octanol–water partition coefficient (Wildman–Crippen LogP) is 2.29. The Hall–Kier alpha value is -2.32. The van der Waals surface area contributed by atoms with Gasteiger partial charge in [-0.15, -0.1) is 0 Å². The summed E-state index contributed by atoms with van der Waals surface area (Å²) in [6, 6.07) is 9.49. The first-order chi connectivity index (χ1) is 11.7. The number of rotatable bonds is 10. The van der Waals surface area contributed by atoms with E-state index in [-0.39, 0.29) is 11.7 Å². The minimum Gasteiger partial charge on any atom is -0.492 e. The molecule has 0 aliphatic heterocycles. The molecule has 7 nitrogen and oxygen atoms in total. The van der Waals surface area contributed by atoms with Crippen molar-refractivity contribution in [3.8, 4) is 11.6 Å². The summed E-state index contributed by atoms with van der Waals surface area (Å²) in [6.45, 7) is 2.21. The maximum atomic E-state index is 9.86. The summed E-state index contributed by atoms with van der Waals surface area (Å²) in [4.78, 5) is 0. The van der Waals surface area contributed by atoms with Crippen LogP contribution in [0.2, 0.25) is 0 Å². The number of hydrogen-bond acceptors (Lipinski definition) is 7. The summed E-state index contributed by atoms with van der Waals surface area (Å²) in [5, 5.41) is 24.7. The Morgan fingerprint density at radius 3 is 2.79 bits per heavy atom. The average molecular weight is 350 g/mol. The molecule has 1 heterocycles. The first-order valence-corrected chi connectivity index (χ1v) is 8.41. The highest BCUT2D eigenvalue weighted by Gasteiger charge is 2.17. The first-order valence-electron chi connectivity index (χ1n) is 7.64. The lowest BCUT2D eigenvalue weighted by molar-refractivity contribution is 0.198. The van der Waals surface area contributed by atoms with Gasteiger partial charge in [0.25, 0.3) is 0 Å². The zero-order valence-corrected chi connectivity index (χ0v) is 14.4. The highest BCUT2D eigenvalue weighted by atomic mass is 32.1. The number of aromatic nitrogens is 1. The van der Waals surface area contributed by atoms with Gasteiger partial charge in [0.1, 0.15) is 28.8 Å². The smallest absolute Gasteiger partial charge is 0.236 e. The Morgan fingerprint density at radius 1 is 1.25 bits per heavy atom. The lowest BCUT2D eigenvalue weighted by Gasteiger charge is -2.11. The van der Waals surface area contributed by atoms with Crippen LogP contribution in [-0.2, 0) is 4.74 Å². The topological polar surface area (TPSA) is 99.5 Å². The lowest BCUT2D eigenvalue weighted by Crippen LogP contribution is -2.28. The number of ether oxygens (including phenoxy) is 2. The second-order valence-corrected chi connectivity index (χ2v) is 5.72. The van der Waals surface area contributed by atoms with Gasteiger partial charge in [-0.2, -0.15) is 4.37 Å². The van der Waals surface area contributed by atoms with Crippen molar-refractivity contribution in [2.45, 2.75) is 6.42 Å². The van der Waals surface area contributed by atoms with Crippen LogP contribution in [0.5, 0.6) is 11.6 Å². The highest BCUT2D eigenvalue weighted by molar-refractivity contribution is 7.10. The van der Waals surface area contributed by atoms with Crippen molar-refractivity contribution < 1.29 is 14.6 Å². The Balaban J connectivity index is 1.80. The molecular formula is C16H22N4O3S. The third-order valence-electron chi connectivity index (χ3n) is 3.15. The fourth-order valence-electron chi connectivity index (χ4n) is 2.00. The van der Waals surface area contributed by atoms with Gasteiger partial charge in [0.15, 0.2) is 0 Å². The fourth-order valence-corrected chi connectivity index (χ4v) is 2.72. The summed E-state index contributed by atoms with van der Waals surface area (Å²) in [5.74, 6) is 0.759. The highest BCUT2D eigenvalue weighted by Crippen LogP contribution is 2.29. The van der Waals surface area contributed by atoms with E-state index >= 15 is 0 Å². The van der Waals surface area contributed by atoms with Gasteiger partial charge in [-0.05, 0) is 30.1 Å². The summed E-state index contributed by atoms with van der Waals surface area (Å²) in [6.07, 6.45) is 0.834. The zero-order chi connectivity index (χ0) is 17.2. The number of para-hydroxylation sites is 1.